The molecule has 1 aromatic carbocycles. The average Bonchev–Trinajstić information content (AvgIpc) is 2.85. The maximum absolute atomic E-state index is 5.69. The van der Waals surface area contributed by atoms with Gasteiger partial charge in [0.25, 0.3) is 0 Å². The van der Waals surface area contributed by atoms with E-state index < -0.39 is 0 Å². The number of benzene rings is 1. The summed E-state index contributed by atoms with van der Waals surface area (Å²) in [5.74, 6) is 1.29. The molecule has 0 spiro atoms. The molecule has 3 rings (SSSR count). The highest BCUT2D eigenvalue weighted by Crippen LogP contribution is 2.20. The Labute approximate surface area is 111 Å². The van der Waals surface area contributed by atoms with Crippen LogP contribution < -0.4 is 5.73 Å². The monoisotopic (exact) mass is 252 g/mol. The highest BCUT2D eigenvalue weighted by atomic mass is 15.0. The molecule has 4 nitrogen and oxygen atoms in total. The number of aromatic amines is 1. The van der Waals surface area contributed by atoms with Gasteiger partial charge in [-0.25, -0.2) is 9.97 Å². The number of imidazole rings is 1. The molecule has 0 aliphatic carbocycles. The van der Waals surface area contributed by atoms with Crippen LogP contribution in [0.4, 0.5) is 5.69 Å². The quantitative estimate of drug-likeness (QED) is 0.704. The van der Waals surface area contributed by atoms with Gasteiger partial charge in [-0.3, -0.25) is 0 Å². The van der Waals surface area contributed by atoms with Crippen molar-refractivity contribution in [3.63, 3.8) is 0 Å². The van der Waals surface area contributed by atoms with E-state index in [2.05, 4.69) is 34.0 Å². The maximum Gasteiger partial charge on any atom is 0.177 e. The van der Waals surface area contributed by atoms with E-state index in [4.69, 9.17) is 5.73 Å². The molecule has 2 heterocycles. The summed E-state index contributed by atoms with van der Waals surface area (Å²) in [6, 6.07) is 11.9. The van der Waals surface area contributed by atoms with Gasteiger partial charge in [0.15, 0.2) is 5.65 Å². The fraction of sp³-hybridized carbons (Fsp3) is 0.200. The van der Waals surface area contributed by atoms with Crippen LogP contribution in [0.5, 0.6) is 0 Å². The lowest BCUT2D eigenvalue weighted by molar-refractivity contribution is 0.713. The van der Waals surface area contributed by atoms with Gasteiger partial charge >= 0.3 is 0 Å². The van der Waals surface area contributed by atoms with Crippen molar-refractivity contribution >= 4 is 16.9 Å². The van der Waals surface area contributed by atoms with Crippen molar-refractivity contribution in [2.24, 2.45) is 0 Å². The minimum atomic E-state index is 0.317. The Kier molecular flexibility index (Phi) is 2.91. The number of nitrogens with zero attached hydrogens (tertiary/aromatic N) is 2. The molecule has 3 N–H and O–H groups in total. The standard InChI is InChI=1S/C15H16N4/c1-10(9-11-4-6-12(16)7-5-11)14-18-13-3-2-8-17-15(13)19-14/h2-8,10H,9,16H2,1H3,(H,17,18,19). The summed E-state index contributed by atoms with van der Waals surface area (Å²) >= 11 is 0. The van der Waals surface area contributed by atoms with Gasteiger partial charge in [-0.05, 0) is 36.2 Å². The summed E-state index contributed by atoms with van der Waals surface area (Å²) < 4.78 is 0. The second-order valence-electron chi connectivity index (χ2n) is 4.84. The summed E-state index contributed by atoms with van der Waals surface area (Å²) in [4.78, 5) is 12.1. The Hall–Kier alpha value is -2.36. The molecular weight excluding hydrogens is 236 g/mol. The van der Waals surface area contributed by atoms with Gasteiger partial charge in [-0.15, -0.1) is 0 Å². The van der Waals surface area contributed by atoms with Crippen LogP contribution in [0.25, 0.3) is 11.2 Å². The summed E-state index contributed by atoms with van der Waals surface area (Å²) in [5, 5.41) is 0. The lowest BCUT2D eigenvalue weighted by atomic mass is 10.0. The number of anilines is 1. The van der Waals surface area contributed by atoms with E-state index in [-0.39, 0.29) is 0 Å². The molecule has 0 aliphatic rings. The predicted molar refractivity (Wildman–Crippen MR) is 76.9 cm³/mol. The van der Waals surface area contributed by atoms with Crippen LogP contribution in [0.15, 0.2) is 42.6 Å². The predicted octanol–water partition coefficient (Wildman–Crippen LogP) is 2.89. The fourth-order valence-electron chi connectivity index (χ4n) is 2.20. The second kappa shape index (κ2) is 4.72. The van der Waals surface area contributed by atoms with Gasteiger partial charge in [0.2, 0.25) is 0 Å². The highest BCUT2D eigenvalue weighted by molar-refractivity contribution is 5.70. The van der Waals surface area contributed by atoms with Gasteiger partial charge in [0, 0.05) is 17.8 Å². The number of nitrogens with two attached hydrogens (primary N) is 1. The van der Waals surface area contributed by atoms with E-state index >= 15 is 0 Å². The molecule has 2 aromatic heterocycles. The summed E-state index contributed by atoms with van der Waals surface area (Å²) in [7, 11) is 0. The van der Waals surface area contributed by atoms with Gasteiger partial charge in [0.05, 0.1) is 5.52 Å². The number of nitrogens with one attached hydrogen (secondary N) is 1. The Morgan fingerprint density at radius 1 is 1.21 bits per heavy atom. The first kappa shape index (κ1) is 11.7. The molecule has 19 heavy (non-hydrogen) atoms. The first-order valence-electron chi connectivity index (χ1n) is 6.37. The largest absolute Gasteiger partial charge is 0.399 e. The van der Waals surface area contributed by atoms with Crippen LogP contribution >= 0.6 is 0 Å². The molecule has 0 amide bonds. The van der Waals surface area contributed by atoms with E-state index in [9.17, 15) is 0 Å². The lowest BCUT2D eigenvalue weighted by Gasteiger charge is -2.08. The Balaban J connectivity index is 1.83. The SMILES string of the molecule is CC(Cc1ccc(N)cc1)c1nc2ncccc2[nH]1. The number of fused-ring (bicyclic) bond motifs is 1. The molecule has 0 fully saturated rings. The van der Waals surface area contributed by atoms with Crippen molar-refractivity contribution in [2.45, 2.75) is 19.3 Å². The zero-order valence-electron chi connectivity index (χ0n) is 10.8. The summed E-state index contributed by atoms with van der Waals surface area (Å²) in [5.41, 5.74) is 9.51. The van der Waals surface area contributed by atoms with Crippen LogP contribution in [0.2, 0.25) is 0 Å². The molecule has 1 unspecified atom stereocenters. The molecule has 0 radical (unpaired) electrons. The summed E-state index contributed by atoms with van der Waals surface area (Å²) in [6.07, 6.45) is 2.69. The smallest absolute Gasteiger partial charge is 0.177 e. The Morgan fingerprint density at radius 3 is 2.74 bits per heavy atom. The third-order valence-corrected chi connectivity index (χ3v) is 3.26. The third kappa shape index (κ3) is 2.42. The fourth-order valence-corrected chi connectivity index (χ4v) is 2.20. The van der Waals surface area contributed by atoms with Crippen LogP contribution in [-0.2, 0) is 6.42 Å². The van der Waals surface area contributed by atoms with Crippen LogP contribution in [0, 0.1) is 0 Å². The number of rotatable bonds is 3. The Morgan fingerprint density at radius 2 is 2.00 bits per heavy atom. The van der Waals surface area contributed by atoms with E-state index in [1.807, 2.05) is 24.3 Å². The second-order valence-corrected chi connectivity index (χ2v) is 4.84. The zero-order valence-corrected chi connectivity index (χ0v) is 10.8. The summed E-state index contributed by atoms with van der Waals surface area (Å²) in [6.45, 7) is 2.16. The van der Waals surface area contributed by atoms with Crippen molar-refractivity contribution in [3.8, 4) is 0 Å². The Bertz CT molecular complexity index is 652. The number of pyridine rings is 1. The van der Waals surface area contributed by atoms with Crippen molar-refractivity contribution in [1.82, 2.24) is 15.0 Å². The van der Waals surface area contributed by atoms with Crippen molar-refractivity contribution in [2.75, 3.05) is 5.73 Å². The van der Waals surface area contributed by atoms with Crippen LogP contribution in [0.3, 0.4) is 0 Å². The third-order valence-electron chi connectivity index (χ3n) is 3.26. The van der Waals surface area contributed by atoms with Gasteiger partial charge in [-0.2, -0.15) is 0 Å². The number of nitrogen functional groups attached to an aromatic ring is 1. The normalized spacial score (nSPS) is 12.7. The first-order valence-corrected chi connectivity index (χ1v) is 6.37. The van der Waals surface area contributed by atoms with Gasteiger partial charge < -0.3 is 10.7 Å². The molecule has 3 aromatic rings. The maximum atomic E-state index is 5.69. The number of hydrogen-bond acceptors (Lipinski definition) is 3. The molecule has 4 heteroatoms. The highest BCUT2D eigenvalue weighted by Gasteiger charge is 2.11. The van der Waals surface area contributed by atoms with Gasteiger partial charge in [0.1, 0.15) is 5.82 Å². The van der Waals surface area contributed by atoms with E-state index in [0.717, 1.165) is 29.1 Å². The van der Waals surface area contributed by atoms with Crippen molar-refractivity contribution in [1.29, 1.82) is 0 Å². The van der Waals surface area contributed by atoms with E-state index in [1.54, 1.807) is 6.20 Å². The van der Waals surface area contributed by atoms with E-state index in [0.29, 0.717) is 5.92 Å². The molecule has 1 atom stereocenters. The van der Waals surface area contributed by atoms with Crippen LogP contribution in [0.1, 0.15) is 24.2 Å². The minimum absolute atomic E-state index is 0.317. The van der Waals surface area contributed by atoms with Gasteiger partial charge in [-0.1, -0.05) is 19.1 Å². The number of H-pyrrole nitrogens is 1. The topological polar surface area (TPSA) is 67.6 Å². The minimum Gasteiger partial charge on any atom is -0.399 e. The van der Waals surface area contributed by atoms with Crippen molar-refractivity contribution < 1.29 is 0 Å². The average molecular weight is 252 g/mol. The lowest BCUT2D eigenvalue weighted by Crippen LogP contribution is -2.00. The molecule has 0 aliphatic heterocycles. The molecule has 0 saturated heterocycles. The zero-order chi connectivity index (χ0) is 13.2. The molecule has 0 bridgehead atoms. The van der Waals surface area contributed by atoms with E-state index in [1.165, 1.54) is 5.56 Å². The molecular formula is C15H16N4. The first-order chi connectivity index (χ1) is 9.22. The van der Waals surface area contributed by atoms with Crippen LogP contribution in [-0.4, -0.2) is 15.0 Å². The molecule has 96 valence electrons. The number of hydrogen-bond donors (Lipinski definition) is 2. The number of aromatic nitrogens is 3. The van der Waals surface area contributed by atoms with Crippen molar-refractivity contribution in [3.05, 3.63) is 54.0 Å². The molecule has 0 saturated carbocycles.